The molecule has 0 saturated heterocycles. The number of ether oxygens (including phenoxy) is 1. The molecule has 1 fully saturated rings. The average Bonchev–Trinajstić information content (AvgIpc) is 2.06. The quantitative estimate of drug-likeness (QED) is 0.766. The lowest BCUT2D eigenvalue weighted by Gasteiger charge is -2.31. The van der Waals surface area contributed by atoms with E-state index >= 15 is 0 Å². The normalized spacial score (nSPS) is 29.1. The second kappa shape index (κ2) is 6.40. The molecule has 0 heterocycles. The van der Waals surface area contributed by atoms with Gasteiger partial charge in [-0.1, -0.05) is 0 Å². The summed E-state index contributed by atoms with van der Waals surface area (Å²) in [5, 5.41) is 2.55. The zero-order chi connectivity index (χ0) is 12.3. The summed E-state index contributed by atoms with van der Waals surface area (Å²) in [5.74, 6) is 0. The Kier molecular flexibility index (Phi) is 6.19. The zero-order valence-corrected chi connectivity index (χ0v) is 11.3. The van der Waals surface area contributed by atoms with Crippen molar-refractivity contribution in [3.05, 3.63) is 0 Å². The van der Waals surface area contributed by atoms with Crippen molar-refractivity contribution in [3.63, 3.8) is 0 Å². The SMILES string of the molecule is CC(C)(C)OC(=O)N[C@H]1CC[C@H](N)C[C@@H]1F.Cl. The molecule has 6 heteroatoms. The largest absolute Gasteiger partial charge is 0.444 e. The van der Waals surface area contributed by atoms with Crippen LogP contribution >= 0.6 is 12.4 Å². The lowest BCUT2D eigenvalue weighted by atomic mass is 9.90. The third-order valence-corrected chi connectivity index (χ3v) is 2.52. The Balaban J connectivity index is 0.00000256. The highest BCUT2D eigenvalue weighted by Crippen LogP contribution is 2.21. The second-order valence-electron chi connectivity index (χ2n) is 5.34. The van der Waals surface area contributed by atoms with Gasteiger partial charge in [0.2, 0.25) is 0 Å². The first-order valence-corrected chi connectivity index (χ1v) is 5.67. The second-order valence-corrected chi connectivity index (χ2v) is 5.34. The molecule has 0 radical (unpaired) electrons. The number of alkyl carbamates (subject to hydrolysis) is 1. The third kappa shape index (κ3) is 6.07. The number of hydrogen-bond donors (Lipinski definition) is 2. The fourth-order valence-electron chi connectivity index (χ4n) is 1.77. The predicted octanol–water partition coefficient (Wildman–Crippen LogP) is 2.15. The molecule has 3 atom stereocenters. The van der Waals surface area contributed by atoms with E-state index in [2.05, 4.69) is 5.32 Å². The van der Waals surface area contributed by atoms with Gasteiger partial charge in [-0.05, 0) is 40.0 Å². The van der Waals surface area contributed by atoms with Crippen LogP contribution in [-0.2, 0) is 4.74 Å². The van der Waals surface area contributed by atoms with E-state index < -0.39 is 23.9 Å². The summed E-state index contributed by atoms with van der Waals surface area (Å²) in [7, 11) is 0. The van der Waals surface area contributed by atoms with Gasteiger partial charge < -0.3 is 15.8 Å². The minimum atomic E-state index is -1.07. The van der Waals surface area contributed by atoms with Crippen molar-refractivity contribution in [2.75, 3.05) is 0 Å². The number of amides is 1. The van der Waals surface area contributed by atoms with Gasteiger partial charge in [0.05, 0.1) is 6.04 Å². The van der Waals surface area contributed by atoms with E-state index in [9.17, 15) is 9.18 Å². The summed E-state index contributed by atoms with van der Waals surface area (Å²) in [6.45, 7) is 5.32. The molecule has 17 heavy (non-hydrogen) atoms. The maximum absolute atomic E-state index is 13.5. The van der Waals surface area contributed by atoms with E-state index in [0.29, 0.717) is 12.8 Å². The minimum Gasteiger partial charge on any atom is -0.444 e. The number of carbonyl (C=O) groups is 1. The monoisotopic (exact) mass is 268 g/mol. The van der Waals surface area contributed by atoms with Crippen LogP contribution < -0.4 is 11.1 Å². The molecular weight excluding hydrogens is 247 g/mol. The predicted molar refractivity (Wildman–Crippen MR) is 67.1 cm³/mol. The maximum atomic E-state index is 13.5. The highest BCUT2D eigenvalue weighted by atomic mass is 35.5. The molecule has 1 rings (SSSR count). The van der Waals surface area contributed by atoms with Crippen molar-refractivity contribution < 1.29 is 13.9 Å². The molecule has 1 aliphatic rings. The third-order valence-electron chi connectivity index (χ3n) is 2.52. The Labute approximate surface area is 108 Å². The van der Waals surface area contributed by atoms with Crippen molar-refractivity contribution in [2.24, 2.45) is 5.73 Å². The molecular formula is C11H22ClFN2O2. The van der Waals surface area contributed by atoms with E-state index in [-0.39, 0.29) is 18.4 Å². The molecule has 0 unspecified atom stereocenters. The molecule has 4 nitrogen and oxygen atoms in total. The molecule has 0 spiro atoms. The van der Waals surface area contributed by atoms with Gasteiger partial charge in [-0.3, -0.25) is 0 Å². The standard InChI is InChI=1S/C11H21FN2O2.ClH/c1-11(2,3)16-10(15)14-9-5-4-7(13)6-8(9)12;/h7-9H,4-6,13H2,1-3H3,(H,14,15);1H/t7-,8-,9-;/m0./s1. The van der Waals surface area contributed by atoms with Gasteiger partial charge >= 0.3 is 6.09 Å². The summed E-state index contributed by atoms with van der Waals surface area (Å²) >= 11 is 0. The van der Waals surface area contributed by atoms with Crippen LogP contribution in [0.2, 0.25) is 0 Å². The first-order chi connectivity index (χ1) is 7.28. The van der Waals surface area contributed by atoms with Crippen LogP contribution in [0, 0.1) is 0 Å². The number of alkyl halides is 1. The fourth-order valence-corrected chi connectivity index (χ4v) is 1.77. The molecule has 0 aromatic rings. The Hall–Kier alpha value is -0.550. The van der Waals surface area contributed by atoms with Gasteiger partial charge in [0.25, 0.3) is 0 Å². The molecule has 1 amide bonds. The highest BCUT2D eigenvalue weighted by molar-refractivity contribution is 5.85. The maximum Gasteiger partial charge on any atom is 0.407 e. The van der Waals surface area contributed by atoms with Crippen LogP contribution in [0.4, 0.5) is 9.18 Å². The Bertz CT molecular complexity index is 258. The van der Waals surface area contributed by atoms with Gasteiger partial charge in [0.1, 0.15) is 11.8 Å². The van der Waals surface area contributed by atoms with Crippen molar-refractivity contribution >= 4 is 18.5 Å². The van der Waals surface area contributed by atoms with Gasteiger partial charge in [-0.25, -0.2) is 9.18 Å². The van der Waals surface area contributed by atoms with E-state index in [1.807, 2.05) is 0 Å². The van der Waals surface area contributed by atoms with Crippen LogP contribution in [0.15, 0.2) is 0 Å². The van der Waals surface area contributed by atoms with E-state index in [4.69, 9.17) is 10.5 Å². The van der Waals surface area contributed by atoms with Gasteiger partial charge in [0, 0.05) is 6.04 Å². The number of nitrogens with one attached hydrogen (secondary N) is 1. The molecule has 3 N–H and O–H groups in total. The number of carbonyl (C=O) groups excluding carboxylic acids is 1. The molecule has 0 aromatic carbocycles. The lowest BCUT2D eigenvalue weighted by Crippen LogP contribution is -2.49. The van der Waals surface area contributed by atoms with Crippen LogP contribution in [-0.4, -0.2) is 29.9 Å². The average molecular weight is 269 g/mol. The van der Waals surface area contributed by atoms with Gasteiger partial charge in [-0.2, -0.15) is 0 Å². The van der Waals surface area contributed by atoms with Gasteiger partial charge in [0.15, 0.2) is 0 Å². The minimum absolute atomic E-state index is 0. The summed E-state index contributed by atoms with van der Waals surface area (Å²) in [6, 6.07) is -0.554. The molecule has 1 saturated carbocycles. The molecule has 0 aliphatic heterocycles. The number of halogens is 2. The van der Waals surface area contributed by atoms with Crippen molar-refractivity contribution in [3.8, 4) is 0 Å². The Morgan fingerprint density at radius 1 is 1.41 bits per heavy atom. The van der Waals surface area contributed by atoms with Crippen molar-refractivity contribution in [2.45, 2.75) is 63.9 Å². The summed E-state index contributed by atoms with van der Waals surface area (Å²) in [6.07, 6.45) is -0.0185. The van der Waals surface area contributed by atoms with E-state index in [0.717, 1.165) is 6.42 Å². The zero-order valence-electron chi connectivity index (χ0n) is 10.5. The smallest absolute Gasteiger partial charge is 0.407 e. The molecule has 0 aromatic heterocycles. The Morgan fingerprint density at radius 2 is 2.00 bits per heavy atom. The fraction of sp³-hybridized carbons (Fsp3) is 0.909. The van der Waals surface area contributed by atoms with E-state index in [1.54, 1.807) is 20.8 Å². The molecule has 0 bridgehead atoms. The van der Waals surface area contributed by atoms with Gasteiger partial charge in [-0.15, -0.1) is 12.4 Å². The first-order valence-electron chi connectivity index (χ1n) is 5.67. The topological polar surface area (TPSA) is 64.3 Å². The lowest BCUT2D eigenvalue weighted by molar-refractivity contribution is 0.0445. The van der Waals surface area contributed by atoms with Crippen molar-refractivity contribution in [1.29, 1.82) is 0 Å². The number of rotatable bonds is 1. The number of hydrogen-bond acceptors (Lipinski definition) is 3. The summed E-state index contributed by atoms with van der Waals surface area (Å²) in [5.41, 5.74) is 5.08. The van der Waals surface area contributed by atoms with E-state index in [1.165, 1.54) is 0 Å². The van der Waals surface area contributed by atoms with Crippen LogP contribution in [0.25, 0.3) is 0 Å². The Morgan fingerprint density at radius 3 is 2.47 bits per heavy atom. The first kappa shape index (κ1) is 16.4. The highest BCUT2D eigenvalue weighted by Gasteiger charge is 2.31. The number of nitrogens with two attached hydrogens (primary N) is 1. The van der Waals surface area contributed by atoms with Crippen LogP contribution in [0.1, 0.15) is 40.0 Å². The van der Waals surface area contributed by atoms with Crippen LogP contribution in [0.5, 0.6) is 0 Å². The molecule has 1 aliphatic carbocycles. The summed E-state index contributed by atoms with van der Waals surface area (Å²) in [4.78, 5) is 11.4. The summed E-state index contributed by atoms with van der Waals surface area (Å²) < 4.78 is 18.6. The van der Waals surface area contributed by atoms with Crippen LogP contribution in [0.3, 0.4) is 0 Å². The molecule has 102 valence electrons. The van der Waals surface area contributed by atoms with Crippen molar-refractivity contribution in [1.82, 2.24) is 5.32 Å².